The van der Waals surface area contributed by atoms with Crippen LogP contribution in [-0.4, -0.2) is 58.5 Å². The average Bonchev–Trinajstić information content (AvgIpc) is 3.20. The third-order valence-electron chi connectivity index (χ3n) is 10.5. The lowest BCUT2D eigenvalue weighted by molar-refractivity contribution is -0.142. The van der Waals surface area contributed by atoms with E-state index in [1.165, 1.54) is 18.9 Å². The van der Waals surface area contributed by atoms with E-state index >= 15 is 0 Å². The lowest BCUT2D eigenvalue weighted by Crippen LogP contribution is -2.51. The van der Waals surface area contributed by atoms with Crippen molar-refractivity contribution in [2.75, 3.05) is 6.61 Å². The van der Waals surface area contributed by atoms with E-state index in [2.05, 4.69) is 35.7 Å². The summed E-state index contributed by atoms with van der Waals surface area (Å²) in [5.74, 6) is -0.166. The molecule has 4 aliphatic carbocycles. The Morgan fingerprint density at radius 2 is 1.87 bits per heavy atom. The fourth-order valence-corrected chi connectivity index (χ4v) is 8.10. The molecular weight excluding hydrogens is 498 g/mol. The number of amides is 2. The van der Waals surface area contributed by atoms with E-state index in [-0.39, 0.29) is 23.5 Å². The zero-order valence-electron chi connectivity index (χ0n) is 24.0. The first kappa shape index (κ1) is 29.6. The molecule has 0 aromatic carbocycles. The highest BCUT2D eigenvalue weighted by molar-refractivity contribution is 5.96. The van der Waals surface area contributed by atoms with Gasteiger partial charge in [-0.15, -0.1) is 0 Å². The van der Waals surface area contributed by atoms with Crippen molar-refractivity contribution in [3.63, 3.8) is 0 Å². The van der Waals surface area contributed by atoms with Crippen LogP contribution in [0.5, 0.6) is 0 Å². The number of aliphatic hydroxyl groups is 1. The zero-order chi connectivity index (χ0) is 28.4. The standard InChI is InChI=1S/C30H47N3O6/c1-5-6-7-24(28(37)38)32-27(36)18(2)31-26(35)17-39-33-20-12-14-29(3)19(16-20)8-9-21-22-10-11-25(34)30(22,4)15-13-23(21)29/h16,18,21-25,34H,5-15,17H2,1-4H3,(H,31,35)(H,32,36)(H,37,38)/b33-20+/t18-,21+,22+,23+,24+,25-,29+,30+/m1/s1. The van der Waals surface area contributed by atoms with E-state index < -0.39 is 29.9 Å². The van der Waals surface area contributed by atoms with Gasteiger partial charge in [-0.1, -0.05) is 44.3 Å². The highest BCUT2D eigenvalue weighted by Gasteiger charge is 2.58. The molecule has 0 radical (unpaired) electrons. The Morgan fingerprint density at radius 3 is 2.59 bits per heavy atom. The van der Waals surface area contributed by atoms with E-state index in [9.17, 15) is 24.6 Å². The normalized spacial score (nSPS) is 36.0. The van der Waals surface area contributed by atoms with Crippen molar-refractivity contribution in [2.45, 2.75) is 117 Å². The van der Waals surface area contributed by atoms with E-state index in [0.29, 0.717) is 30.6 Å². The zero-order valence-corrected chi connectivity index (χ0v) is 24.0. The molecule has 0 bridgehead atoms. The fourth-order valence-electron chi connectivity index (χ4n) is 8.10. The number of hydrogen-bond acceptors (Lipinski definition) is 6. The first-order valence-electron chi connectivity index (χ1n) is 14.9. The van der Waals surface area contributed by atoms with Gasteiger partial charge in [-0.25, -0.2) is 4.79 Å². The van der Waals surface area contributed by atoms with Crippen LogP contribution in [0.1, 0.15) is 98.3 Å². The monoisotopic (exact) mass is 545 g/mol. The molecule has 0 spiro atoms. The van der Waals surface area contributed by atoms with Crippen LogP contribution >= 0.6 is 0 Å². The summed E-state index contributed by atoms with van der Waals surface area (Å²) in [6.45, 7) is 7.88. The highest BCUT2D eigenvalue weighted by Crippen LogP contribution is 2.65. The Labute approximate surface area is 232 Å². The lowest BCUT2D eigenvalue weighted by Gasteiger charge is -2.57. The number of oxime groups is 1. The molecule has 0 heterocycles. The molecule has 4 N–H and O–H groups in total. The maximum absolute atomic E-state index is 12.4. The number of fused-ring (bicyclic) bond motifs is 5. The summed E-state index contributed by atoms with van der Waals surface area (Å²) >= 11 is 0. The third kappa shape index (κ3) is 6.03. The maximum Gasteiger partial charge on any atom is 0.326 e. The van der Waals surface area contributed by atoms with Crippen molar-refractivity contribution in [1.29, 1.82) is 0 Å². The van der Waals surface area contributed by atoms with Crippen LogP contribution in [0.15, 0.2) is 16.8 Å². The molecule has 39 heavy (non-hydrogen) atoms. The Morgan fingerprint density at radius 1 is 1.10 bits per heavy atom. The molecule has 218 valence electrons. The molecular formula is C30H47N3O6. The van der Waals surface area contributed by atoms with Gasteiger partial charge in [-0.3, -0.25) is 9.59 Å². The quantitative estimate of drug-likeness (QED) is 0.307. The van der Waals surface area contributed by atoms with E-state index in [4.69, 9.17) is 4.84 Å². The number of carboxylic acid groups (broad SMARTS) is 1. The molecule has 8 atom stereocenters. The van der Waals surface area contributed by atoms with Gasteiger partial charge in [0.15, 0.2) is 6.61 Å². The van der Waals surface area contributed by atoms with Crippen LogP contribution in [0.3, 0.4) is 0 Å². The molecule has 3 saturated carbocycles. The lowest BCUT2D eigenvalue weighted by atomic mass is 9.47. The number of nitrogens with one attached hydrogen (secondary N) is 2. The van der Waals surface area contributed by atoms with Crippen LogP contribution in [-0.2, 0) is 19.2 Å². The van der Waals surface area contributed by atoms with E-state index in [0.717, 1.165) is 57.1 Å². The summed E-state index contributed by atoms with van der Waals surface area (Å²) < 4.78 is 0. The largest absolute Gasteiger partial charge is 0.480 e. The first-order valence-corrected chi connectivity index (χ1v) is 14.9. The smallest absolute Gasteiger partial charge is 0.326 e. The fraction of sp³-hybridized carbons (Fsp3) is 0.800. The molecule has 0 unspecified atom stereocenters. The van der Waals surface area contributed by atoms with Crippen molar-refractivity contribution in [2.24, 2.45) is 33.7 Å². The number of allylic oxidation sites excluding steroid dienone is 2. The van der Waals surface area contributed by atoms with Crippen LogP contribution in [0.4, 0.5) is 0 Å². The molecule has 0 aromatic heterocycles. The van der Waals surface area contributed by atoms with Gasteiger partial charge >= 0.3 is 5.97 Å². The first-order chi connectivity index (χ1) is 18.5. The number of unbranched alkanes of at least 4 members (excludes halogenated alkanes) is 1. The number of carbonyl (C=O) groups excluding carboxylic acids is 2. The third-order valence-corrected chi connectivity index (χ3v) is 10.5. The summed E-state index contributed by atoms with van der Waals surface area (Å²) in [5.41, 5.74) is 2.52. The van der Waals surface area contributed by atoms with Crippen molar-refractivity contribution in [1.82, 2.24) is 10.6 Å². The number of nitrogens with zero attached hydrogens (tertiary/aromatic N) is 1. The minimum Gasteiger partial charge on any atom is -0.480 e. The minimum absolute atomic E-state index is 0.0830. The van der Waals surface area contributed by atoms with Crippen molar-refractivity contribution < 1.29 is 29.4 Å². The van der Waals surface area contributed by atoms with Gasteiger partial charge in [-0.2, -0.15) is 0 Å². The molecule has 0 saturated heterocycles. The summed E-state index contributed by atoms with van der Waals surface area (Å²) in [4.78, 5) is 41.4. The molecule has 4 aliphatic rings. The average molecular weight is 546 g/mol. The second-order valence-electron chi connectivity index (χ2n) is 12.8. The van der Waals surface area contributed by atoms with Gasteiger partial charge in [0.05, 0.1) is 11.8 Å². The van der Waals surface area contributed by atoms with Crippen LogP contribution in [0.25, 0.3) is 0 Å². The summed E-state index contributed by atoms with van der Waals surface area (Å²) in [5, 5.41) is 29.3. The number of carbonyl (C=O) groups is 3. The van der Waals surface area contributed by atoms with Gasteiger partial charge in [0, 0.05) is 0 Å². The molecule has 3 fully saturated rings. The summed E-state index contributed by atoms with van der Waals surface area (Å²) in [6.07, 6.45) is 12.3. The van der Waals surface area contributed by atoms with Crippen molar-refractivity contribution in [3.05, 3.63) is 11.6 Å². The van der Waals surface area contributed by atoms with E-state index in [1.807, 2.05) is 6.92 Å². The minimum atomic E-state index is -1.08. The van der Waals surface area contributed by atoms with Crippen LogP contribution < -0.4 is 10.6 Å². The number of hydrogen-bond donors (Lipinski definition) is 4. The van der Waals surface area contributed by atoms with Crippen LogP contribution in [0, 0.1) is 28.6 Å². The number of carboxylic acids is 1. The summed E-state index contributed by atoms with van der Waals surface area (Å²) in [6, 6.07) is -1.86. The Balaban J connectivity index is 1.28. The predicted octanol–water partition coefficient (Wildman–Crippen LogP) is 3.95. The van der Waals surface area contributed by atoms with Gasteiger partial charge in [0.2, 0.25) is 5.91 Å². The molecule has 9 heteroatoms. The highest BCUT2D eigenvalue weighted by atomic mass is 16.6. The number of rotatable bonds is 10. The van der Waals surface area contributed by atoms with E-state index in [1.54, 1.807) is 0 Å². The number of aliphatic hydroxyl groups excluding tert-OH is 1. The molecule has 9 nitrogen and oxygen atoms in total. The second-order valence-corrected chi connectivity index (χ2v) is 12.8. The van der Waals surface area contributed by atoms with Gasteiger partial charge in [0.25, 0.3) is 5.91 Å². The topological polar surface area (TPSA) is 137 Å². The number of aliphatic carboxylic acids is 1. The Hall–Kier alpha value is -2.42. The molecule has 0 aromatic rings. The van der Waals surface area contributed by atoms with Gasteiger partial charge in [0.1, 0.15) is 12.1 Å². The molecule has 2 amide bonds. The van der Waals surface area contributed by atoms with Crippen molar-refractivity contribution >= 4 is 23.5 Å². The van der Waals surface area contributed by atoms with Crippen LogP contribution in [0.2, 0.25) is 0 Å². The second kappa shape index (κ2) is 12.0. The van der Waals surface area contributed by atoms with Gasteiger partial charge in [-0.05, 0) is 99.4 Å². The SMILES string of the molecule is CCCC[C@H](NC(=O)[C@@H](C)NC(=O)CO/N=C1/C=C2CC[C@H]3[C@@H]4CC[C@@H](O)[C@@]4(C)CC[C@@H]3[C@@]2(C)CC1)C(=O)O. The Bertz CT molecular complexity index is 1010. The predicted molar refractivity (Wildman–Crippen MR) is 148 cm³/mol. The Kier molecular flexibility index (Phi) is 9.08. The van der Waals surface area contributed by atoms with Gasteiger partial charge < -0.3 is 25.7 Å². The molecule has 4 rings (SSSR count). The molecule has 0 aliphatic heterocycles. The summed E-state index contributed by atoms with van der Waals surface area (Å²) in [7, 11) is 0. The maximum atomic E-state index is 12.4. The van der Waals surface area contributed by atoms with Crippen molar-refractivity contribution in [3.8, 4) is 0 Å².